The highest BCUT2D eigenvalue weighted by molar-refractivity contribution is 7.16. The van der Waals surface area contributed by atoms with E-state index >= 15 is 0 Å². The summed E-state index contributed by atoms with van der Waals surface area (Å²) < 4.78 is 7.13. The van der Waals surface area contributed by atoms with Crippen LogP contribution in [-0.4, -0.2) is 19.3 Å². The van der Waals surface area contributed by atoms with E-state index in [1.807, 2.05) is 13.1 Å². The van der Waals surface area contributed by atoms with Gasteiger partial charge < -0.3 is 10.1 Å². The van der Waals surface area contributed by atoms with Gasteiger partial charge in [0.05, 0.1) is 16.0 Å². The van der Waals surface area contributed by atoms with Gasteiger partial charge in [-0.15, -0.1) is 11.3 Å². The molecule has 2 nitrogen and oxygen atoms in total. The van der Waals surface area contributed by atoms with Crippen molar-refractivity contribution in [2.75, 3.05) is 13.7 Å². The first-order valence-corrected chi connectivity index (χ1v) is 8.68. The van der Waals surface area contributed by atoms with Gasteiger partial charge in [-0.3, -0.25) is 0 Å². The monoisotopic (exact) mass is 315 g/mol. The summed E-state index contributed by atoms with van der Waals surface area (Å²) in [5.41, 5.74) is 0.346. The van der Waals surface area contributed by atoms with Crippen molar-refractivity contribution < 1.29 is 4.74 Å². The second-order valence-electron chi connectivity index (χ2n) is 6.53. The quantitative estimate of drug-likeness (QED) is 0.822. The van der Waals surface area contributed by atoms with Crippen LogP contribution >= 0.6 is 22.9 Å². The highest BCUT2D eigenvalue weighted by Crippen LogP contribution is 2.48. The van der Waals surface area contributed by atoms with E-state index in [4.69, 9.17) is 16.3 Å². The fourth-order valence-electron chi connectivity index (χ4n) is 3.30. The minimum absolute atomic E-state index is 0.0901. The van der Waals surface area contributed by atoms with Gasteiger partial charge >= 0.3 is 0 Å². The molecule has 1 aliphatic rings. The Morgan fingerprint density at radius 1 is 1.30 bits per heavy atom. The maximum absolute atomic E-state index is 6.28. The van der Waals surface area contributed by atoms with Crippen LogP contribution in [0.5, 0.6) is 0 Å². The van der Waals surface area contributed by atoms with Gasteiger partial charge in [0.1, 0.15) is 0 Å². The number of halogens is 1. The van der Waals surface area contributed by atoms with Crippen LogP contribution in [-0.2, 0) is 4.74 Å². The van der Waals surface area contributed by atoms with Gasteiger partial charge in [0.25, 0.3) is 0 Å². The highest BCUT2D eigenvalue weighted by atomic mass is 35.5. The topological polar surface area (TPSA) is 21.3 Å². The zero-order chi connectivity index (χ0) is 14.8. The summed E-state index contributed by atoms with van der Waals surface area (Å²) in [6.07, 6.45) is 4.64. The van der Waals surface area contributed by atoms with E-state index in [1.165, 1.54) is 17.7 Å². The lowest BCUT2D eigenvalue weighted by Crippen LogP contribution is -2.48. The molecular formula is C16H26ClNOS. The lowest BCUT2D eigenvalue weighted by atomic mass is 9.68. The summed E-state index contributed by atoms with van der Waals surface area (Å²) >= 11 is 7.78. The average molecular weight is 316 g/mol. The molecule has 1 aromatic rings. The fraction of sp³-hybridized carbons (Fsp3) is 0.750. The summed E-state index contributed by atoms with van der Waals surface area (Å²) in [5, 5.41) is 3.48. The van der Waals surface area contributed by atoms with Crippen molar-refractivity contribution in [3.05, 3.63) is 21.3 Å². The number of rotatable bonds is 5. The molecule has 1 aliphatic carbocycles. The predicted octanol–water partition coefficient (Wildman–Crippen LogP) is 5.04. The van der Waals surface area contributed by atoms with Crippen molar-refractivity contribution >= 4 is 22.9 Å². The third-order valence-electron chi connectivity index (χ3n) is 4.57. The average Bonchev–Trinajstić information content (AvgIpc) is 2.81. The second-order valence-corrected chi connectivity index (χ2v) is 8.27. The fourth-order valence-corrected chi connectivity index (χ4v) is 4.58. The van der Waals surface area contributed by atoms with E-state index in [0.717, 1.165) is 23.8 Å². The Kier molecular flexibility index (Phi) is 5.17. The highest BCUT2D eigenvalue weighted by Gasteiger charge is 2.45. The minimum Gasteiger partial charge on any atom is -0.373 e. The van der Waals surface area contributed by atoms with E-state index in [-0.39, 0.29) is 11.6 Å². The molecule has 0 saturated heterocycles. The Balaban J connectivity index is 2.26. The van der Waals surface area contributed by atoms with Crippen LogP contribution in [0.3, 0.4) is 0 Å². The first-order chi connectivity index (χ1) is 9.42. The molecule has 114 valence electrons. The van der Waals surface area contributed by atoms with Crippen LogP contribution < -0.4 is 5.32 Å². The van der Waals surface area contributed by atoms with E-state index in [9.17, 15) is 0 Å². The van der Waals surface area contributed by atoms with E-state index in [1.54, 1.807) is 11.3 Å². The van der Waals surface area contributed by atoms with Crippen LogP contribution in [0.1, 0.15) is 57.4 Å². The Morgan fingerprint density at radius 3 is 2.40 bits per heavy atom. The van der Waals surface area contributed by atoms with E-state index in [2.05, 4.69) is 32.2 Å². The summed E-state index contributed by atoms with van der Waals surface area (Å²) in [6.45, 7) is 7.58. The van der Waals surface area contributed by atoms with Crippen molar-refractivity contribution in [3.8, 4) is 0 Å². The van der Waals surface area contributed by atoms with Crippen molar-refractivity contribution in [1.29, 1.82) is 0 Å². The van der Waals surface area contributed by atoms with Crippen LogP contribution in [0.25, 0.3) is 0 Å². The molecule has 0 spiro atoms. The smallest absolute Gasteiger partial charge is 0.0931 e. The van der Waals surface area contributed by atoms with E-state index in [0.29, 0.717) is 5.41 Å². The zero-order valence-electron chi connectivity index (χ0n) is 13.0. The Labute approximate surface area is 131 Å². The normalized spacial score (nSPS) is 22.6. The maximum atomic E-state index is 6.28. The van der Waals surface area contributed by atoms with Crippen molar-refractivity contribution in [1.82, 2.24) is 5.32 Å². The van der Waals surface area contributed by atoms with Gasteiger partial charge in [0, 0.05) is 11.5 Å². The first-order valence-electron chi connectivity index (χ1n) is 7.49. The second kappa shape index (κ2) is 6.35. The number of hydrogen-bond acceptors (Lipinski definition) is 3. The van der Waals surface area contributed by atoms with Gasteiger partial charge in [0.2, 0.25) is 0 Å². The van der Waals surface area contributed by atoms with Gasteiger partial charge in [0.15, 0.2) is 0 Å². The third kappa shape index (κ3) is 3.38. The molecule has 1 saturated carbocycles. The maximum Gasteiger partial charge on any atom is 0.0931 e. The van der Waals surface area contributed by atoms with Crippen LogP contribution in [0, 0.1) is 5.41 Å². The van der Waals surface area contributed by atoms with Gasteiger partial charge in [-0.25, -0.2) is 0 Å². The largest absolute Gasteiger partial charge is 0.373 e. The number of hydrogen-bond donors (Lipinski definition) is 1. The predicted molar refractivity (Wildman–Crippen MR) is 87.7 cm³/mol. The van der Waals surface area contributed by atoms with Crippen LogP contribution in [0.15, 0.2) is 12.1 Å². The number of nitrogens with one attached hydrogen (secondary N) is 1. The first kappa shape index (κ1) is 16.3. The van der Waals surface area contributed by atoms with Crippen LogP contribution in [0.2, 0.25) is 4.34 Å². The summed E-state index contributed by atoms with van der Waals surface area (Å²) in [6, 6.07) is 4.35. The molecule has 0 aliphatic heterocycles. The lowest BCUT2D eigenvalue weighted by Gasteiger charge is -2.47. The summed E-state index contributed by atoms with van der Waals surface area (Å²) in [7, 11) is 2.03. The third-order valence-corrected chi connectivity index (χ3v) is 5.87. The standard InChI is InChI=1S/C16H26ClNOS/c1-5-19-16(10-8-15(2,3)9-11-16)14(18-4)12-6-7-13(17)20-12/h6-7,14,18H,5,8-11H2,1-4H3. The molecule has 1 atom stereocenters. The Hall–Kier alpha value is -0.0900. The molecule has 1 heterocycles. The van der Waals surface area contributed by atoms with Gasteiger partial charge in [-0.2, -0.15) is 0 Å². The molecular weight excluding hydrogens is 290 g/mol. The molecule has 20 heavy (non-hydrogen) atoms. The molecule has 1 fully saturated rings. The van der Waals surface area contributed by atoms with Gasteiger partial charge in [-0.1, -0.05) is 25.4 Å². The lowest BCUT2D eigenvalue weighted by molar-refractivity contribution is -0.106. The Bertz CT molecular complexity index is 433. The minimum atomic E-state index is -0.0901. The van der Waals surface area contributed by atoms with Crippen LogP contribution in [0.4, 0.5) is 0 Å². The molecule has 0 radical (unpaired) electrons. The molecule has 0 bridgehead atoms. The summed E-state index contributed by atoms with van der Waals surface area (Å²) in [5.74, 6) is 0. The number of ether oxygens (including phenoxy) is 1. The molecule has 2 rings (SSSR count). The van der Waals surface area contributed by atoms with Crippen molar-refractivity contribution in [2.45, 2.75) is 58.1 Å². The molecule has 4 heteroatoms. The number of likely N-dealkylation sites (N-methyl/N-ethyl adjacent to an activating group) is 1. The summed E-state index contributed by atoms with van der Waals surface area (Å²) in [4.78, 5) is 1.28. The number of thiophene rings is 1. The zero-order valence-corrected chi connectivity index (χ0v) is 14.5. The van der Waals surface area contributed by atoms with Gasteiger partial charge in [-0.05, 0) is 57.2 Å². The molecule has 0 amide bonds. The molecule has 0 aromatic carbocycles. The van der Waals surface area contributed by atoms with Crippen molar-refractivity contribution in [2.24, 2.45) is 5.41 Å². The SMILES string of the molecule is CCOC1(C(NC)c2ccc(Cl)s2)CCC(C)(C)CC1. The molecule has 1 N–H and O–H groups in total. The molecule has 1 aromatic heterocycles. The Morgan fingerprint density at radius 2 is 1.95 bits per heavy atom. The molecule has 1 unspecified atom stereocenters. The van der Waals surface area contributed by atoms with Crippen molar-refractivity contribution in [3.63, 3.8) is 0 Å². The van der Waals surface area contributed by atoms with E-state index < -0.39 is 0 Å².